The fourth-order valence-electron chi connectivity index (χ4n) is 3.32. The van der Waals surface area contributed by atoms with Crippen LogP contribution in [0.25, 0.3) is 11.6 Å². The second kappa shape index (κ2) is 6.31. The maximum Gasteiger partial charge on any atom is 0.280 e. The summed E-state index contributed by atoms with van der Waals surface area (Å²) in [6.45, 7) is 1.41. The number of likely N-dealkylation sites (tertiary alicyclic amines) is 1. The zero-order chi connectivity index (χ0) is 17.5. The quantitative estimate of drug-likeness (QED) is 0.701. The Hall–Kier alpha value is -2.55. The molecule has 3 aromatic rings. The predicted octanol–water partition coefficient (Wildman–Crippen LogP) is 2.74. The van der Waals surface area contributed by atoms with Crippen LogP contribution in [0, 0.1) is 0 Å². The molecule has 134 valence electrons. The van der Waals surface area contributed by atoms with Gasteiger partial charge in [0.2, 0.25) is 0 Å². The molecule has 26 heavy (non-hydrogen) atoms. The average molecular weight is 370 g/mol. The first-order chi connectivity index (χ1) is 12.8. The van der Waals surface area contributed by atoms with Crippen molar-refractivity contribution in [1.29, 1.82) is 0 Å². The third-order valence-corrected chi connectivity index (χ3v) is 5.62. The number of piperidine rings is 1. The van der Waals surface area contributed by atoms with Crippen LogP contribution in [0.3, 0.4) is 0 Å². The van der Waals surface area contributed by atoms with Crippen LogP contribution in [0.1, 0.15) is 53.8 Å². The molecule has 3 aromatic heterocycles. The van der Waals surface area contributed by atoms with Crippen molar-refractivity contribution in [2.75, 3.05) is 13.1 Å². The van der Waals surface area contributed by atoms with Gasteiger partial charge in [0.05, 0.1) is 17.8 Å². The monoisotopic (exact) mass is 370 g/mol. The number of aromatic nitrogens is 5. The van der Waals surface area contributed by atoms with Crippen molar-refractivity contribution < 1.29 is 9.32 Å². The average Bonchev–Trinajstić information content (AvgIpc) is 3.14. The highest BCUT2D eigenvalue weighted by atomic mass is 32.1. The molecule has 2 aliphatic rings. The van der Waals surface area contributed by atoms with Crippen LogP contribution in [0.5, 0.6) is 0 Å². The standard InChI is InChI=1S/C17H18N6O2S/c24-17(12-5-7-26-10-12)22-6-1-2-13(8-22)23-9-14(19-21-23)16-18-15(20-25-16)11-3-4-11/h5,7,9-11,13H,1-4,6,8H2/t13-/m1/s1. The summed E-state index contributed by atoms with van der Waals surface area (Å²) in [4.78, 5) is 18.9. The zero-order valence-corrected chi connectivity index (χ0v) is 14.9. The number of hydrogen-bond donors (Lipinski definition) is 0. The van der Waals surface area contributed by atoms with Gasteiger partial charge in [-0.1, -0.05) is 10.4 Å². The Morgan fingerprint density at radius 3 is 3.04 bits per heavy atom. The van der Waals surface area contributed by atoms with Crippen molar-refractivity contribution >= 4 is 17.2 Å². The first kappa shape index (κ1) is 15.7. The van der Waals surface area contributed by atoms with E-state index in [1.807, 2.05) is 32.6 Å². The number of rotatable bonds is 4. The van der Waals surface area contributed by atoms with Crippen LogP contribution < -0.4 is 0 Å². The van der Waals surface area contributed by atoms with Gasteiger partial charge in [0.25, 0.3) is 11.8 Å². The van der Waals surface area contributed by atoms with Gasteiger partial charge in [0.1, 0.15) is 0 Å². The van der Waals surface area contributed by atoms with E-state index in [-0.39, 0.29) is 11.9 Å². The van der Waals surface area contributed by atoms with Gasteiger partial charge in [-0.3, -0.25) is 4.79 Å². The molecule has 1 amide bonds. The van der Waals surface area contributed by atoms with E-state index in [9.17, 15) is 4.79 Å². The summed E-state index contributed by atoms with van der Waals surface area (Å²) in [6.07, 6.45) is 6.01. The summed E-state index contributed by atoms with van der Waals surface area (Å²) in [5.41, 5.74) is 1.35. The summed E-state index contributed by atoms with van der Waals surface area (Å²) >= 11 is 1.54. The first-order valence-corrected chi connectivity index (χ1v) is 9.79. The summed E-state index contributed by atoms with van der Waals surface area (Å²) in [5, 5.41) is 16.3. The molecular weight excluding hydrogens is 352 g/mol. The van der Waals surface area contributed by atoms with E-state index in [4.69, 9.17) is 4.52 Å². The van der Waals surface area contributed by atoms with Gasteiger partial charge >= 0.3 is 0 Å². The molecule has 0 spiro atoms. The van der Waals surface area contributed by atoms with Gasteiger partial charge in [-0.2, -0.15) is 16.3 Å². The Labute approximate surface area is 153 Å². The molecule has 1 aliphatic carbocycles. The number of thiophene rings is 1. The SMILES string of the molecule is O=C(c1ccsc1)N1CCC[C@@H](n2cc(-c3nc(C4CC4)no3)nn2)C1. The number of amides is 1. The van der Waals surface area contributed by atoms with Gasteiger partial charge < -0.3 is 9.42 Å². The van der Waals surface area contributed by atoms with E-state index < -0.39 is 0 Å². The first-order valence-electron chi connectivity index (χ1n) is 8.85. The van der Waals surface area contributed by atoms with Gasteiger partial charge in [-0.25, -0.2) is 4.68 Å². The minimum Gasteiger partial charge on any atom is -0.336 e. The van der Waals surface area contributed by atoms with Crippen LogP contribution in [0.2, 0.25) is 0 Å². The molecule has 0 bridgehead atoms. The minimum atomic E-state index is 0.0854. The van der Waals surface area contributed by atoms with Crippen molar-refractivity contribution in [3.63, 3.8) is 0 Å². The molecule has 2 fully saturated rings. The molecule has 8 nitrogen and oxygen atoms in total. The molecule has 9 heteroatoms. The van der Waals surface area contributed by atoms with E-state index in [0.717, 1.165) is 43.6 Å². The molecule has 1 saturated heterocycles. The number of nitrogens with zero attached hydrogens (tertiary/aromatic N) is 6. The number of carbonyl (C=O) groups excluding carboxylic acids is 1. The lowest BCUT2D eigenvalue weighted by molar-refractivity contribution is 0.0672. The summed E-state index contributed by atoms with van der Waals surface area (Å²) < 4.78 is 7.14. The van der Waals surface area contributed by atoms with Gasteiger partial charge in [0.15, 0.2) is 11.5 Å². The number of carbonyl (C=O) groups is 1. The minimum absolute atomic E-state index is 0.0854. The smallest absolute Gasteiger partial charge is 0.280 e. The normalized spacial score (nSPS) is 20.5. The van der Waals surface area contributed by atoms with Crippen LogP contribution in [-0.2, 0) is 0 Å². The lowest BCUT2D eigenvalue weighted by Crippen LogP contribution is -2.40. The Morgan fingerprint density at radius 1 is 1.31 bits per heavy atom. The van der Waals surface area contributed by atoms with Crippen LogP contribution in [0.15, 0.2) is 27.5 Å². The fraction of sp³-hybridized carbons (Fsp3) is 0.471. The third-order valence-electron chi connectivity index (χ3n) is 4.94. The molecule has 5 rings (SSSR count). The van der Waals surface area contributed by atoms with Crippen LogP contribution in [-0.4, -0.2) is 49.0 Å². The molecule has 1 atom stereocenters. The molecule has 0 N–H and O–H groups in total. The second-order valence-corrected chi connectivity index (χ2v) is 7.66. The lowest BCUT2D eigenvalue weighted by atomic mass is 10.1. The number of hydrogen-bond acceptors (Lipinski definition) is 7. The molecule has 0 aromatic carbocycles. The summed E-state index contributed by atoms with van der Waals surface area (Å²) in [5.74, 6) is 1.71. The van der Waals surface area contributed by atoms with E-state index >= 15 is 0 Å². The molecule has 4 heterocycles. The predicted molar refractivity (Wildman–Crippen MR) is 93.8 cm³/mol. The maximum absolute atomic E-state index is 12.6. The molecule has 0 radical (unpaired) electrons. The topological polar surface area (TPSA) is 89.9 Å². The Bertz CT molecular complexity index is 913. The van der Waals surface area contributed by atoms with Crippen LogP contribution >= 0.6 is 11.3 Å². The molecule has 1 aliphatic heterocycles. The zero-order valence-electron chi connectivity index (χ0n) is 14.1. The second-order valence-electron chi connectivity index (χ2n) is 6.88. The van der Waals surface area contributed by atoms with E-state index in [1.165, 1.54) is 0 Å². The highest BCUT2D eigenvalue weighted by Crippen LogP contribution is 2.38. The molecule has 1 saturated carbocycles. The maximum atomic E-state index is 12.6. The third kappa shape index (κ3) is 2.92. The largest absolute Gasteiger partial charge is 0.336 e. The summed E-state index contributed by atoms with van der Waals surface area (Å²) in [6, 6.07) is 1.98. The van der Waals surface area contributed by atoms with Gasteiger partial charge in [-0.05, 0) is 37.1 Å². The van der Waals surface area contributed by atoms with Crippen LogP contribution in [0.4, 0.5) is 0 Å². The van der Waals surface area contributed by atoms with Crippen molar-refractivity contribution in [3.05, 3.63) is 34.4 Å². The van der Waals surface area contributed by atoms with Crippen molar-refractivity contribution in [2.45, 2.75) is 37.6 Å². The Morgan fingerprint density at radius 2 is 2.23 bits per heavy atom. The molecular formula is C17H18N6O2S. The Kier molecular flexibility index (Phi) is 3.81. The van der Waals surface area contributed by atoms with Crippen molar-refractivity contribution in [2.24, 2.45) is 0 Å². The van der Waals surface area contributed by atoms with E-state index in [2.05, 4.69) is 20.5 Å². The Balaban J connectivity index is 1.31. The highest BCUT2D eigenvalue weighted by molar-refractivity contribution is 7.08. The van der Waals surface area contributed by atoms with Gasteiger partial charge in [0, 0.05) is 24.4 Å². The van der Waals surface area contributed by atoms with E-state index in [1.54, 1.807) is 11.3 Å². The summed E-state index contributed by atoms with van der Waals surface area (Å²) in [7, 11) is 0. The highest BCUT2D eigenvalue weighted by Gasteiger charge is 2.30. The van der Waals surface area contributed by atoms with Crippen molar-refractivity contribution in [3.8, 4) is 11.6 Å². The van der Waals surface area contributed by atoms with Crippen molar-refractivity contribution in [1.82, 2.24) is 30.0 Å². The van der Waals surface area contributed by atoms with E-state index in [0.29, 0.717) is 24.0 Å². The van der Waals surface area contributed by atoms with Gasteiger partial charge in [-0.15, -0.1) is 5.10 Å². The lowest BCUT2D eigenvalue weighted by Gasteiger charge is -2.32. The molecule has 0 unspecified atom stereocenters. The fourth-order valence-corrected chi connectivity index (χ4v) is 3.95.